The van der Waals surface area contributed by atoms with Crippen molar-refractivity contribution in [3.63, 3.8) is 0 Å². The monoisotopic (exact) mass is 396 g/mol. The van der Waals surface area contributed by atoms with E-state index in [1.54, 1.807) is 17.0 Å². The molecule has 1 aliphatic rings. The number of hydrogen-bond donors (Lipinski definition) is 1. The second kappa shape index (κ2) is 7.20. The molecule has 0 radical (unpaired) electrons. The second-order valence-corrected chi connectivity index (χ2v) is 7.22. The van der Waals surface area contributed by atoms with E-state index in [4.69, 9.17) is 11.6 Å². The predicted molar refractivity (Wildman–Crippen MR) is 107 cm³/mol. The van der Waals surface area contributed by atoms with E-state index in [9.17, 15) is 9.18 Å². The molecule has 0 saturated carbocycles. The molecule has 142 valence electrons. The molecular weight excluding hydrogens is 379 g/mol. The summed E-state index contributed by atoms with van der Waals surface area (Å²) in [5.41, 5.74) is 2.78. The molecule has 4 rings (SSSR count). The summed E-state index contributed by atoms with van der Waals surface area (Å²) in [6.45, 7) is 4.25. The second-order valence-electron chi connectivity index (χ2n) is 6.88. The van der Waals surface area contributed by atoms with Gasteiger partial charge in [-0.3, -0.25) is 4.79 Å². The standard InChI is InChI=1S/C21H18ClFN4O/c1-12(2)27-11-16-18(20(27)28)25-21(22)26-19(16)24-14-8-9-15(17(23)10-14)13-6-4-3-5-7-13/h3-10,12H,11H2,1-2H3,(H,24,25,26). The maximum absolute atomic E-state index is 14.7. The smallest absolute Gasteiger partial charge is 0.273 e. The van der Waals surface area contributed by atoms with E-state index in [1.807, 2.05) is 44.2 Å². The van der Waals surface area contributed by atoms with Crippen LogP contribution < -0.4 is 5.32 Å². The Morgan fingerprint density at radius 3 is 2.57 bits per heavy atom. The lowest BCUT2D eigenvalue weighted by molar-refractivity contribution is 0.0726. The topological polar surface area (TPSA) is 58.1 Å². The van der Waals surface area contributed by atoms with Crippen LogP contribution in [0, 0.1) is 5.82 Å². The first kappa shape index (κ1) is 18.4. The number of carbonyl (C=O) groups is 1. The van der Waals surface area contributed by atoms with Crippen LogP contribution in [0.2, 0.25) is 5.28 Å². The quantitative estimate of drug-likeness (QED) is 0.627. The Bertz CT molecular complexity index is 1060. The van der Waals surface area contributed by atoms with Gasteiger partial charge in [-0.05, 0) is 49.2 Å². The van der Waals surface area contributed by atoms with Gasteiger partial charge in [0.05, 0.1) is 6.54 Å². The maximum atomic E-state index is 14.7. The Morgan fingerprint density at radius 2 is 1.89 bits per heavy atom. The van der Waals surface area contributed by atoms with Gasteiger partial charge in [-0.15, -0.1) is 0 Å². The van der Waals surface area contributed by atoms with Crippen molar-refractivity contribution in [1.29, 1.82) is 0 Å². The highest BCUT2D eigenvalue weighted by Gasteiger charge is 2.34. The number of halogens is 2. The number of aromatic nitrogens is 2. The zero-order valence-corrected chi connectivity index (χ0v) is 16.2. The number of rotatable bonds is 4. The third-order valence-electron chi connectivity index (χ3n) is 4.71. The van der Waals surface area contributed by atoms with E-state index in [-0.39, 0.29) is 28.7 Å². The summed E-state index contributed by atoms with van der Waals surface area (Å²) in [7, 11) is 0. The van der Waals surface area contributed by atoms with Crippen molar-refractivity contribution in [2.24, 2.45) is 0 Å². The van der Waals surface area contributed by atoms with E-state index < -0.39 is 0 Å². The maximum Gasteiger partial charge on any atom is 0.273 e. The number of carbonyl (C=O) groups excluding carboxylic acids is 1. The summed E-state index contributed by atoms with van der Waals surface area (Å²) >= 11 is 6.02. The van der Waals surface area contributed by atoms with Gasteiger partial charge in [0.2, 0.25) is 5.28 Å². The molecule has 5 nitrogen and oxygen atoms in total. The molecule has 2 aromatic carbocycles. The summed E-state index contributed by atoms with van der Waals surface area (Å²) in [5, 5.41) is 3.06. The SMILES string of the molecule is CC(C)N1Cc2c(Nc3ccc(-c4ccccc4)c(F)c3)nc(Cl)nc2C1=O. The van der Waals surface area contributed by atoms with Gasteiger partial charge in [0.1, 0.15) is 17.3 Å². The van der Waals surface area contributed by atoms with Gasteiger partial charge in [-0.25, -0.2) is 14.4 Å². The van der Waals surface area contributed by atoms with Gasteiger partial charge in [-0.1, -0.05) is 30.3 Å². The first-order valence-corrected chi connectivity index (χ1v) is 9.31. The fourth-order valence-electron chi connectivity index (χ4n) is 3.26. The molecular formula is C21H18ClFN4O. The third kappa shape index (κ3) is 3.31. The molecule has 0 fully saturated rings. The van der Waals surface area contributed by atoms with Crippen LogP contribution in [0.15, 0.2) is 48.5 Å². The van der Waals surface area contributed by atoms with Gasteiger partial charge in [0.15, 0.2) is 0 Å². The zero-order valence-electron chi connectivity index (χ0n) is 15.4. The molecule has 1 amide bonds. The number of amides is 1. The molecule has 7 heteroatoms. The highest BCUT2D eigenvalue weighted by atomic mass is 35.5. The highest BCUT2D eigenvalue weighted by molar-refractivity contribution is 6.28. The van der Waals surface area contributed by atoms with Crippen molar-refractivity contribution < 1.29 is 9.18 Å². The molecule has 1 aliphatic heterocycles. The van der Waals surface area contributed by atoms with Crippen molar-refractivity contribution >= 4 is 29.0 Å². The molecule has 2 heterocycles. The predicted octanol–water partition coefficient (Wildman–Crippen LogP) is 5.04. The van der Waals surface area contributed by atoms with Crippen LogP contribution in [-0.2, 0) is 6.54 Å². The Balaban J connectivity index is 1.67. The number of fused-ring (bicyclic) bond motifs is 1. The van der Waals surface area contributed by atoms with E-state index in [0.29, 0.717) is 29.2 Å². The summed E-state index contributed by atoms with van der Waals surface area (Å²) in [4.78, 5) is 22.5. The lowest BCUT2D eigenvalue weighted by atomic mass is 10.0. The Kier molecular flexibility index (Phi) is 4.73. The summed E-state index contributed by atoms with van der Waals surface area (Å²) < 4.78 is 14.7. The van der Waals surface area contributed by atoms with Crippen molar-refractivity contribution in [3.05, 3.63) is 70.9 Å². The molecule has 1 N–H and O–H groups in total. The molecule has 0 bridgehead atoms. The van der Waals surface area contributed by atoms with E-state index in [1.165, 1.54) is 6.07 Å². The molecule has 3 aromatic rings. The molecule has 0 aliphatic carbocycles. The summed E-state index contributed by atoms with van der Waals surface area (Å²) in [6.07, 6.45) is 0. The lowest BCUT2D eigenvalue weighted by Crippen LogP contribution is -2.31. The van der Waals surface area contributed by atoms with Crippen molar-refractivity contribution in [1.82, 2.24) is 14.9 Å². The van der Waals surface area contributed by atoms with E-state index in [2.05, 4.69) is 15.3 Å². The first-order chi connectivity index (χ1) is 13.4. The number of hydrogen-bond acceptors (Lipinski definition) is 4. The van der Waals surface area contributed by atoms with Gasteiger partial charge >= 0.3 is 0 Å². The van der Waals surface area contributed by atoms with Crippen LogP contribution in [-0.4, -0.2) is 26.8 Å². The van der Waals surface area contributed by atoms with Crippen LogP contribution in [0.1, 0.15) is 29.9 Å². The summed E-state index contributed by atoms with van der Waals surface area (Å²) in [5.74, 6) is -0.116. The molecule has 0 atom stereocenters. The van der Waals surface area contributed by atoms with Gasteiger partial charge in [-0.2, -0.15) is 0 Å². The van der Waals surface area contributed by atoms with Crippen molar-refractivity contribution in [2.45, 2.75) is 26.4 Å². The molecule has 0 unspecified atom stereocenters. The van der Waals surface area contributed by atoms with Crippen LogP contribution in [0.4, 0.5) is 15.9 Å². The van der Waals surface area contributed by atoms with Crippen LogP contribution in [0.3, 0.4) is 0 Å². The van der Waals surface area contributed by atoms with Gasteiger partial charge < -0.3 is 10.2 Å². The lowest BCUT2D eigenvalue weighted by Gasteiger charge is -2.19. The van der Waals surface area contributed by atoms with Gasteiger partial charge in [0, 0.05) is 22.9 Å². The van der Waals surface area contributed by atoms with Crippen LogP contribution >= 0.6 is 11.6 Å². The minimum atomic E-state index is -0.354. The molecule has 0 saturated heterocycles. The van der Waals surface area contributed by atoms with Crippen LogP contribution in [0.5, 0.6) is 0 Å². The number of nitrogens with zero attached hydrogens (tertiary/aromatic N) is 3. The van der Waals surface area contributed by atoms with Crippen LogP contribution in [0.25, 0.3) is 11.1 Å². The Morgan fingerprint density at radius 1 is 1.14 bits per heavy atom. The largest absolute Gasteiger partial charge is 0.340 e. The van der Waals surface area contributed by atoms with Gasteiger partial charge in [0.25, 0.3) is 5.91 Å². The van der Waals surface area contributed by atoms with Crippen molar-refractivity contribution in [2.75, 3.05) is 5.32 Å². The first-order valence-electron chi connectivity index (χ1n) is 8.93. The Hall–Kier alpha value is -2.99. The number of anilines is 2. The normalized spacial score (nSPS) is 13.2. The highest BCUT2D eigenvalue weighted by Crippen LogP contribution is 2.32. The fourth-order valence-corrected chi connectivity index (χ4v) is 3.43. The number of nitrogens with one attached hydrogen (secondary N) is 1. The number of benzene rings is 2. The average molecular weight is 397 g/mol. The summed E-state index contributed by atoms with van der Waals surface area (Å²) in [6, 6.07) is 14.2. The zero-order chi connectivity index (χ0) is 19.8. The Labute approximate surface area is 167 Å². The molecule has 0 spiro atoms. The van der Waals surface area contributed by atoms with Crippen molar-refractivity contribution in [3.8, 4) is 11.1 Å². The minimum Gasteiger partial charge on any atom is -0.340 e. The molecule has 1 aromatic heterocycles. The average Bonchev–Trinajstić information content (AvgIpc) is 3.00. The third-order valence-corrected chi connectivity index (χ3v) is 4.88. The van der Waals surface area contributed by atoms with E-state index in [0.717, 1.165) is 5.56 Å². The minimum absolute atomic E-state index is 0.0240. The van der Waals surface area contributed by atoms with E-state index >= 15 is 0 Å². The molecule has 28 heavy (non-hydrogen) atoms. The fraction of sp³-hybridized carbons (Fsp3) is 0.190.